The SMILES string of the molecule is COc1cccc(C(=O)c2cc(Cl)ccc2I)c1. The van der Waals surface area contributed by atoms with E-state index in [1.807, 2.05) is 6.07 Å². The molecule has 0 aliphatic heterocycles. The predicted octanol–water partition coefficient (Wildman–Crippen LogP) is 4.18. The Morgan fingerprint density at radius 1 is 1.22 bits per heavy atom. The third kappa shape index (κ3) is 2.84. The third-order valence-corrected chi connectivity index (χ3v) is 3.68. The zero-order valence-corrected chi connectivity index (χ0v) is 12.5. The first kappa shape index (κ1) is 13.4. The molecule has 0 saturated heterocycles. The second kappa shape index (κ2) is 5.71. The van der Waals surface area contributed by atoms with Gasteiger partial charge < -0.3 is 4.74 Å². The molecule has 2 aromatic carbocycles. The van der Waals surface area contributed by atoms with Crippen molar-refractivity contribution in [1.82, 2.24) is 0 Å². The van der Waals surface area contributed by atoms with E-state index in [-0.39, 0.29) is 5.78 Å². The van der Waals surface area contributed by atoms with Crippen LogP contribution in [0.15, 0.2) is 42.5 Å². The molecule has 0 N–H and O–H groups in total. The van der Waals surface area contributed by atoms with Crippen LogP contribution < -0.4 is 4.74 Å². The van der Waals surface area contributed by atoms with Crippen LogP contribution in [-0.4, -0.2) is 12.9 Å². The summed E-state index contributed by atoms with van der Waals surface area (Å²) < 4.78 is 5.99. The van der Waals surface area contributed by atoms with Gasteiger partial charge in [-0.1, -0.05) is 23.7 Å². The van der Waals surface area contributed by atoms with Gasteiger partial charge in [0.1, 0.15) is 5.75 Å². The molecule has 2 aromatic rings. The van der Waals surface area contributed by atoms with Crippen molar-refractivity contribution in [3.63, 3.8) is 0 Å². The van der Waals surface area contributed by atoms with Crippen molar-refractivity contribution in [2.24, 2.45) is 0 Å². The van der Waals surface area contributed by atoms with Crippen molar-refractivity contribution in [3.05, 3.63) is 62.2 Å². The zero-order valence-electron chi connectivity index (χ0n) is 9.61. The van der Waals surface area contributed by atoms with Crippen LogP contribution in [-0.2, 0) is 0 Å². The lowest BCUT2D eigenvalue weighted by atomic mass is 10.0. The van der Waals surface area contributed by atoms with Crippen molar-refractivity contribution in [1.29, 1.82) is 0 Å². The van der Waals surface area contributed by atoms with Crippen molar-refractivity contribution in [2.45, 2.75) is 0 Å². The highest BCUT2D eigenvalue weighted by Gasteiger charge is 2.13. The van der Waals surface area contributed by atoms with Gasteiger partial charge in [-0.3, -0.25) is 4.79 Å². The van der Waals surface area contributed by atoms with E-state index in [0.29, 0.717) is 21.9 Å². The summed E-state index contributed by atoms with van der Waals surface area (Å²) in [4.78, 5) is 12.4. The second-order valence-corrected chi connectivity index (χ2v) is 5.28. The standard InChI is InChI=1S/C14H10ClIO2/c1-18-11-4-2-3-9(7-11)14(17)12-8-10(15)5-6-13(12)16/h2-8H,1H3. The fourth-order valence-corrected chi connectivity index (χ4v) is 2.34. The Balaban J connectivity index is 2.44. The van der Waals surface area contributed by atoms with E-state index in [2.05, 4.69) is 22.6 Å². The molecule has 0 aromatic heterocycles. The number of methoxy groups -OCH3 is 1. The average molecular weight is 373 g/mol. The molecule has 4 heteroatoms. The van der Waals surface area contributed by atoms with E-state index in [1.54, 1.807) is 43.5 Å². The number of carbonyl (C=O) groups excluding carboxylic acids is 1. The number of benzene rings is 2. The topological polar surface area (TPSA) is 26.3 Å². The lowest BCUT2D eigenvalue weighted by Gasteiger charge is -2.06. The summed E-state index contributed by atoms with van der Waals surface area (Å²) in [6, 6.07) is 12.4. The van der Waals surface area contributed by atoms with Gasteiger partial charge in [0.2, 0.25) is 0 Å². The number of ether oxygens (including phenoxy) is 1. The Labute approximate surface area is 124 Å². The van der Waals surface area contributed by atoms with Crippen LogP contribution in [0.5, 0.6) is 5.75 Å². The molecule has 0 amide bonds. The van der Waals surface area contributed by atoms with Crippen LogP contribution >= 0.6 is 34.2 Å². The molecule has 0 bridgehead atoms. The van der Waals surface area contributed by atoms with Crippen LogP contribution in [0.2, 0.25) is 5.02 Å². The highest BCUT2D eigenvalue weighted by Crippen LogP contribution is 2.22. The van der Waals surface area contributed by atoms with E-state index in [0.717, 1.165) is 3.57 Å². The lowest BCUT2D eigenvalue weighted by Crippen LogP contribution is -2.04. The molecule has 0 saturated carbocycles. The van der Waals surface area contributed by atoms with Crippen molar-refractivity contribution in [2.75, 3.05) is 7.11 Å². The molecule has 0 unspecified atom stereocenters. The maximum atomic E-state index is 12.4. The molecule has 2 rings (SSSR count). The summed E-state index contributed by atoms with van der Waals surface area (Å²) >= 11 is 8.05. The monoisotopic (exact) mass is 372 g/mol. The Bertz CT molecular complexity index is 596. The Hall–Kier alpha value is -1.07. The second-order valence-electron chi connectivity index (χ2n) is 3.69. The quantitative estimate of drug-likeness (QED) is 0.597. The minimum atomic E-state index is -0.0548. The van der Waals surface area contributed by atoms with Crippen molar-refractivity contribution < 1.29 is 9.53 Å². The third-order valence-electron chi connectivity index (χ3n) is 2.50. The van der Waals surface area contributed by atoms with Gasteiger partial charge in [0.25, 0.3) is 0 Å². The molecule has 0 radical (unpaired) electrons. The molecule has 18 heavy (non-hydrogen) atoms. The number of rotatable bonds is 3. The first-order valence-corrected chi connectivity index (χ1v) is 6.71. The molecule has 0 aliphatic carbocycles. The predicted molar refractivity (Wildman–Crippen MR) is 80.6 cm³/mol. The molecule has 2 nitrogen and oxygen atoms in total. The van der Waals surface area contributed by atoms with Crippen LogP contribution in [0.1, 0.15) is 15.9 Å². The molecule has 92 valence electrons. The van der Waals surface area contributed by atoms with E-state index in [9.17, 15) is 4.79 Å². The first-order chi connectivity index (χ1) is 8.61. The smallest absolute Gasteiger partial charge is 0.194 e. The molecular formula is C14H10ClIO2. The van der Waals surface area contributed by atoms with Crippen LogP contribution in [0.4, 0.5) is 0 Å². The van der Waals surface area contributed by atoms with Crippen LogP contribution in [0.3, 0.4) is 0 Å². The number of carbonyl (C=O) groups is 1. The van der Waals surface area contributed by atoms with Gasteiger partial charge in [0.15, 0.2) is 5.78 Å². The maximum Gasteiger partial charge on any atom is 0.194 e. The largest absolute Gasteiger partial charge is 0.497 e. The van der Waals surface area contributed by atoms with E-state index in [4.69, 9.17) is 16.3 Å². The normalized spacial score (nSPS) is 10.2. The summed E-state index contributed by atoms with van der Waals surface area (Å²) in [6.45, 7) is 0. The molecule has 0 atom stereocenters. The van der Waals surface area contributed by atoms with Crippen molar-refractivity contribution >= 4 is 40.0 Å². The maximum absolute atomic E-state index is 12.4. The molecule has 0 spiro atoms. The highest BCUT2D eigenvalue weighted by atomic mass is 127. The molecular weight excluding hydrogens is 363 g/mol. The number of hydrogen-bond donors (Lipinski definition) is 0. The van der Waals surface area contributed by atoms with Gasteiger partial charge in [-0.05, 0) is 52.9 Å². The highest BCUT2D eigenvalue weighted by molar-refractivity contribution is 14.1. The first-order valence-electron chi connectivity index (χ1n) is 5.25. The van der Waals surface area contributed by atoms with E-state index >= 15 is 0 Å². The lowest BCUT2D eigenvalue weighted by molar-refractivity contribution is 0.103. The zero-order chi connectivity index (χ0) is 13.1. The number of halogens is 2. The number of hydrogen-bond acceptors (Lipinski definition) is 2. The van der Waals surface area contributed by atoms with Crippen molar-refractivity contribution in [3.8, 4) is 5.75 Å². The van der Waals surface area contributed by atoms with Crippen LogP contribution in [0, 0.1) is 3.57 Å². The van der Waals surface area contributed by atoms with Gasteiger partial charge in [0, 0.05) is 19.7 Å². The summed E-state index contributed by atoms with van der Waals surface area (Å²) in [5.41, 5.74) is 1.20. The summed E-state index contributed by atoms with van der Waals surface area (Å²) in [6.07, 6.45) is 0. The molecule has 0 aliphatic rings. The van der Waals surface area contributed by atoms with E-state index in [1.165, 1.54) is 0 Å². The van der Waals surface area contributed by atoms with Gasteiger partial charge in [-0.25, -0.2) is 0 Å². The fourth-order valence-electron chi connectivity index (χ4n) is 1.59. The summed E-state index contributed by atoms with van der Waals surface area (Å²) in [5.74, 6) is 0.610. The Kier molecular flexibility index (Phi) is 4.24. The minimum Gasteiger partial charge on any atom is -0.497 e. The van der Waals surface area contributed by atoms with Gasteiger partial charge in [-0.15, -0.1) is 0 Å². The fraction of sp³-hybridized carbons (Fsp3) is 0.0714. The average Bonchev–Trinajstić information content (AvgIpc) is 2.41. The Morgan fingerprint density at radius 3 is 2.72 bits per heavy atom. The van der Waals surface area contributed by atoms with Gasteiger partial charge in [0.05, 0.1) is 7.11 Å². The molecule has 0 fully saturated rings. The molecule has 0 heterocycles. The minimum absolute atomic E-state index is 0.0548. The number of ketones is 1. The van der Waals surface area contributed by atoms with Gasteiger partial charge in [-0.2, -0.15) is 0 Å². The van der Waals surface area contributed by atoms with Crippen LogP contribution in [0.25, 0.3) is 0 Å². The Morgan fingerprint density at radius 2 is 2.00 bits per heavy atom. The summed E-state index contributed by atoms with van der Waals surface area (Å²) in [7, 11) is 1.58. The van der Waals surface area contributed by atoms with E-state index < -0.39 is 0 Å². The summed E-state index contributed by atoms with van der Waals surface area (Å²) in [5, 5.41) is 0.557. The van der Waals surface area contributed by atoms with Gasteiger partial charge >= 0.3 is 0 Å².